The molecule has 2 rings (SSSR count). The summed E-state index contributed by atoms with van der Waals surface area (Å²) in [6, 6.07) is 10.7. The zero-order valence-corrected chi connectivity index (χ0v) is 16.9. The quantitative estimate of drug-likeness (QED) is 0.428. The van der Waals surface area contributed by atoms with E-state index in [0.29, 0.717) is 0 Å². The van der Waals surface area contributed by atoms with Crippen LogP contribution in [0.5, 0.6) is 0 Å². The van der Waals surface area contributed by atoms with E-state index < -0.39 is 0 Å². The van der Waals surface area contributed by atoms with Gasteiger partial charge in [-0.3, -0.25) is 4.99 Å². The molecule has 1 aliphatic rings. The van der Waals surface area contributed by atoms with Crippen molar-refractivity contribution in [2.24, 2.45) is 10.9 Å². The molecule has 1 saturated heterocycles. The molecule has 2 unspecified atom stereocenters. The first-order chi connectivity index (χ1) is 10.7. The van der Waals surface area contributed by atoms with Crippen LogP contribution >= 0.6 is 24.0 Å². The second kappa shape index (κ2) is 10.9. The molecule has 1 aromatic rings. The number of rotatable bonds is 5. The lowest BCUT2D eigenvalue weighted by atomic mass is 9.98. The lowest BCUT2D eigenvalue weighted by molar-refractivity contribution is 0.183. The molecule has 5 heteroatoms. The highest BCUT2D eigenvalue weighted by Gasteiger charge is 2.19. The number of piperidine rings is 1. The lowest BCUT2D eigenvalue weighted by Gasteiger charge is -2.32. The fraction of sp³-hybridized carbons (Fsp3) is 0.611. The van der Waals surface area contributed by atoms with Crippen LogP contribution in [0.3, 0.4) is 0 Å². The molecule has 0 bridgehead atoms. The van der Waals surface area contributed by atoms with E-state index in [-0.39, 0.29) is 30.0 Å². The zero-order valence-electron chi connectivity index (χ0n) is 14.6. The maximum atomic E-state index is 4.36. The summed E-state index contributed by atoms with van der Waals surface area (Å²) in [5, 5.41) is 6.97. The number of hydrogen-bond donors (Lipinski definition) is 2. The predicted octanol–water partition coefficient (Wildman–Crippen LogP) is 3.26. The van der Waals surface area contributed by atoms with Crippen molar-refractivity contribution in [3.63, 3.8) is 0 Å². The van der Waals surface area contributed by atoms with Crippen LogP contribution in [0, 0.1) is 5.92 Å². The minimum absolute atomic E-state index is 0. The van der Waals surface area contributed by atoms with Gasteiger partial charge in [-0.1, -0.05) is 37.3 Å². The monoisotopic (exact) mass is 430 g/mol. The van der Waals surface area contributed by atoms with Gasteiger partial charge in [0.2, 0.25) is 0 Å². The molecular formula is C18H31IN4. The smallest absolute Gasteiger partial charge is 0.191 e. The van der Waals surface area contributed by atoms with E-state index in [2.05, 4.69) is 58.6 Å². The third-order valence-corrected chi connectivity index (χ3v) is 4.48. The van der Waals surface area contributed by atoms with Crippen LogP contribution in [-0.4, -0.2) is 44.1 Å². The van der Waals surface area contributed by atoms with Crippen LogP contribution in [0.4, 0.5) is 0 Å². The summed E-state index contributed by atoms with van der Waals surface area (Å²) in [5.41, 5.74) is 1.28. The van der Waals surface area contributed by atoms with E-state index in [1.807, 2.05) is 13.1 Å². The van der Waals surface area contributed by atoms with Gasteiger partial charge in [0.05, 0.1) is 6.04 Å². The molecule has 0 radical (unpaired) electrons. The summed E-state index contributed by atoms with van der Waals surface area (Å²) in [5.74, 6) is 1.62. The second-order valence-electron chi connectivity index (χ2n) is 6.13. The standard InChI is InChI=1S/C18H30N4.HI/c1-4-22-12-8-9-16(14-22)13-20-18(19-3)21-15(2)17-10-6-5-7-11-17;/h5-7,10-11,15-16H,4,8-9,12-14H2,1-3H3,(H2,19,20,21);1H. The van der Waals surface area contributed by atoms with Gasteiger partial charge in [0.25, 0.3) is 0 Å². The van der Waals surface area contributed by atoms with Crippen molar-refractivity contribution < 1.29 is 0 Å². The SMILES string of the molecule is CCN1CCCC(CNC(=NC)NC(C)c2ccccc2)C1.I. The maximum Gasteiger partial charge on any atom is 0.191 e. The van der Waals surface area contributed by atoms with Crippen LogP contribution < -0.4 is 10.6 Å². The molecule has 0 amide bonds. The normalized spacial score (nSPS) is 20.5. The summed E-state index contributed by atoms with van der Waals surface area (Å²) >= 11 is 0. The Bertz CT molecular complexity index is 463. The zero-order chi connectivity index (χ0) is 15.8. The third kappa shape index (κ3) is 6.67. The molecule has 0 saturated carbocycles. The average molecular weight is 430 g/mol. The number of likely N-dealkylation sites (tertiary alicyclic amines) is 1. The number of guanidine groups is 1. The fourth-order valence-electron chi connectivity index (χ4n) is 3.07. The predicted molar refractivity (Wildman–Crippen MR) is 110 cm³/mol. The molecule has 23 heavy (non-hydrogen) atoms. The highest BCUT2D eigenvalue weighted by molar-refractivity contribution is 14.0. The van der Waals surface area contributed by atoms with Crippen molar-refractivity contribution >= 4 is 29.9 Å². The first-order valence-corrected chi connectivity index (χ1v) is 8.47. The van der Waals surface area contributed by atoms with Crippen molar-refractivity contribution in [3.05, 3.63) is 35.9 Å². The van der Waals surface area contributed by atoms with Gasteiger partial charge < -0.3 is 15.5 Å². The molecule has 0 spiro atoms. The number of aliphatic imine (C=N–C) groups is 1. The van der Waals surface area contributed by atoms with Crippen molar-refractivity contribution in [2.75, 3.05) is 33.2 Å². The first-order valence-electron chi connectivity index (χ1n) is 8.47. The highest BCUT2D eigenvalue weighted by Crippen LogP contribution is 2.15. The van der Waals surface area contributed by atoms with Crippen LogP contribution in [0.25, 0.3) is 0 Å². The molecule has 130 valence electrons. The van der Waals surface area contributed by atoms with E-state index in [4.69, 9.17) is 0 Å². The Hall–Kier alpha value is -0.820. The Morgan fingerprint density at radius 1 is 1.35 bits per heavy atom. The molecule has 1 aliphatic heterocycles. The van der Waals surface area contributed by atoms with Crippen molar-refractivity contribution in [2.45, 2.75) is 32.7 Å². The Balaban J connectivity index is 0.00000264. The number of nitrogens with one attached hydrogen (secondary N) is 2. The van der Waals surface area contributed by atoms with E-state index in [0.717, 1.165) is 25.0 Å². The minimum Gasteiger partial charge on any atom is -0.356 e. The van der Waals surface area contributed by atoms with Crippen molar-refractivity contribution in [1.29, 1.82) is 0 Å². The van der Waals surface area contributed by atoms with Crippen LogP contribution in [0.2, 0.25) is 0 Å². The molecule has 0 aromatic heterocycles. The minimum atomic E-state index is 0. The maximum absolute atomic E-state index is 4.36. The summed E-state index contributed by atoms with van der Waals surface area (Å²) in [4.78, 5) is 6.90. The molecule has 1 heterocycles. The Morgan fingerprint density at radius 3 is 2.74 bits per heavy atom. The van der Waals surface area contributed by atoms with Crippen LogP contribution in [0.15, 0.2) is 35.3 Å². The largest absolute Gasteiger partial charge is 0.356 e. The first kappa shape index (κ1) is 20.2. The number of hydrogen-bond acceptors (Lipinski definition) is 2. The van der Waals surface area contributed by atoms with Gasteiger partial charge in [-0.2, -0.15) is 0 Å². The lowest BCUT2D eigenvalue weighted by Crippen LogP contribution is -2.44. The fourth-order valence-corrected chi connectivity index (χ4v) is 3.07. The van der Waals surface area contributed by atoms with Crippen LogP contribution in [0.1, 0.15) is 38.3 Å². The number of benzene rings is 1. The van der Waals surface area contributed by atoms with Gasteiger partial charge >= 0.3 is 0 Å². The third-order valence-electron chi connectivity index (χ3n) is 4.48. The Labute approximate surface area is 158 Å². The summed E-state index contributed by atoms with van der Waals surface area (Å²) in [6.07, 6.45) is 2.63. The van der Waals surface area contributed by atoms with Gasteiger partial charge in [-0.15, -0.1) is 24.0 Å². The molecule has 2 atom stereocenters. The van der Waals surface area contributed by atoms with Crippen LogP contribution in [-0.2, 0) is 0 Å². The van der Waals surface area contributed by atoms with Crippen molar-refractivity contribution in [3.8, 4) is 0 Å². The second-order valence-corrected chi connectivity index (χ2v) is 6.13. The number of nitrogens with zero attached hydrogens (tertiary/aromatic N) is 2. The van der Waals surface area contributed by atoms with Gasteiger partial charge in [-0.05, 0) is 44.3 Å². The molecule has 1 aromatic carbocycles. The summed E-state index contributed by atoms with van der Waals surface area (Å²) in [7, 11) is 1.84. The van der Waals surface area contributed by atoms with E-state index in [1.54, 1.807) is 0 Å². The van der Waals surface area contributed by atoms with E-state index in [1.165, 1.54) is 31.5 Å². The molecule has 4 nitrogen and oxygen atoms in total. The van der Waals surface area contributed by atoms with Gasteiger partial charge in [0, 0.05) is 20.1 Å². The summed E-state index contributed by atoms with van der Waals surface area (Å²) in [6.45, 7) is 9.03. The van der Waals surface area contributed by atoms with Gasteiger partial charge in [0.1, 0.15) is 0 Å². The molecular weight excluding hydrogens is 399 g/mol. The van der Waals surface area contributed by atoms with Crippen molar-refractivity contribution in [1.82, 2.24) is 15.5 Å². The Morgan fingerprint density at radius 2 is 2.09 bits per heavy atom. The molecule has 2 N–H and O–H groups in total. The highest BCUT2D eigenvalue weighted by atomic mass is 127. The summed E-state index contributed by atoms with van der Waals surface area (Å²) < 4.78 is 0. The van der Waals surface area contributed by atoms with Gasteiger partial charge in [-0.25, -0.2) is 0 Å². The van der Waals surface area contributed by atoms with E-state index >= 15 is 0 Å². The molecule has 0 aliphatic carbocycles. The van der Waals surface area contributed by atoms with E-state index in [9.17, 15) is 0 Å². The van der Waals surface area contributed by atoms with Gasteiger partial charge in [0.15, 0.2) is 5.96 Å². The number of halogens is 1. The topological polar surface area (TPSA) is 39.7 Å². The molecule has 1 fully saturated rings. The Kier molecular flexibility index (Phi) is 9.55. The average Bonchev–Trinajstić information content (AvgIpc) is 2.59.